The molecule has 0 unspecified atom stereocenters. The summed E-state index contributed by atoms with van der Waals surface area (Å²) >= 11 is 4.95. The topological polar surface area (TPSA) is 84.4 Å². The number of ether oxygens (including phenoxy) is 1. The number of aryl methyl sites for hydroxylation is 1. The molecule has 0 saturated heterocycles. The SMILES string of the molecule is CCCCN(Cc1ccc(C(=O)N[C@@H](CCSC)C(=O)OC)c(-c2ccccc2C)c1)c1nnc(SCC)s1. The molecule has 3 aromatic rings. The van der Waals surface area contributed by atoms with Gasteiger partial charge in [0.1, 0.15) is 6.04 Å². The molecule has 10 heteroatoms. The van der Waals surface area contributed by atoms with Crippen molar-refractivity contribution < 1.29 is 14.3 Å². The van der Waals surface area contributed by atoms with E-state index in [0.717, 1.165) is 62.6 Å². The van der Waals surface area contributed by atoms with Gasteiger partial charge in [-0.3, -0.25) is 4.79 Å². The van der Waals surface area contributed by atoms with Crippen LogP contribution in [0.25, 0.3) is 11.1 Å². The summed E-state index contributed by atoms with van der Waals surface area (Å²) in [6.07, 6.45) is 4.60. The number of hydrogen-bond acceptors (Lipinski definition) is 9. The molecule has 0 radical (unpaired) electrons. The predicted molar refractivity (Wildman–Crippen MR) is 165 cm³/mol. The molecule has 0 aliphatic carbocycles. The highest BCUT2D eigenvalue weighted by Gasteiger charge is 2.24. The van der Waals surface area contributed by atoms with Crippen molar-refractivity contribution in [2.75, 3.05) is 36.3 Å². The zero-order chi connectivity index (χ0) is 28.2. The highest BCUT2D eigenvalue weighted by molar-refractivity contribution is 8.01. The monoisotopic (exact) mass is 586 g/mol. The summed E-state index contributed by atoms with van der Waals surface area (Å²) in [5.41, 5.74) is 4.51. The van der Waals surface area contributed by atoms with Gasteiger partial charge < -0.3 is 15.0 Å². The van der Waals surface area contributed by atoms with Crippen LogP contribution in [0.1, 0.15) is 54.6 Å². The van der Waals surface area contributed by atoms with Gasteiger partial charge in [-0.05, 0) is 71.9 Å². The van der Waals surface area contributed by atoms with Gasteiger partial charge in [-0.1, -0.05) is 73.7 Å². The fourth-order valence-electron chi connectivity index (χ4n) is 4.17. The van der Waals surface area contributed by atoms with Crippen molar-refractivity contribution in [3.63, 3.8) is 0 Å². The number of aromatic nitrogens is 2. The van der Waals surface area contributed by atoms with Gasteiger partial charge in [0, 0.05) is 18.7 Å². The third-order valence-electron chi connectivity index (χ3n) is 6.25. The van der Waals surface area contributed by atoms with Crippen LogP contribution in [0.5, 0.6) is 0 Å². The van der Waals surface area contributed by atoms with Crippen LogP contribution in [0.15, 0.2) is 46.8 Å². The molecule has 1 atom stereocenters. The Morgan fingerprint density at radius 3 is 2.62 bits per heavy atom. The van der Waals surface area contributed by atoms with E-state index < -0.39 is 12.0 Å². The first-order valence-electron chi connectivity index (χ1n) is 13.2. The molecule has 0 bridgehead atoms. The predicted octanol–water partition coefficient (Wildman–Crippen LogP) is 6.46. The largest absolute Gasteiger partial charge is 0.467 e. The number of hydrogen-bond donors (Lipinski definition) is 1. The molecule has 0 spiro atoms. The van der Waals surface area contributed by atoms with Gasteiger partial charge in [0.15, 0.2) is 4.34 Å². The van der Waals surface area contributed by atoms with Crippen LogP contribution >= 0.6 is 34.9 Å². The molecule has 0 aliphatic rings. The van der Waals surface area contributed by atoms with E-state index in [9.17, 15) is 9.59 Å². The Labute approximate surface area is 244 Å². The Morgan fingerprint density at radius 1 is 1.13 bits per heavy atom. The number of nitrogens with one attached hydrogen (secondary N) is 1. The minimum absolute atomic E-state index is 0.287. The molecule has 2 aromatic carbocycles. The number of anilines is 1. The number of benzene rings is 2. The molecule has 1 aromatic heterocycles. The fourth-order valence-corrected chi connectivity index (χ4v) is 6.41. The smallest absolute Gasteiger partial charge is 0.328 e. The Morgan fingerprint density at radius 2 is 1.92 bits per heavy atom. The number of unbranched alkanes of at least 4 members (excludes halogenated alkanes) is 1. The number of rotatable bonds is 15. The van der Waals surface area contributed by atoms with E-state index in [2.05, 4.69) is 40.3 Å². The number of amides is 1. The molecule has 1 N–H and O–H groups in total. The second-order valence-electron chi connectivity index (χ2n) is 9.08. The maximum Gasteiger partial charge on any atom is 0.328 e. The molecule has 3 rings (SSSR count). The Kier molecular flexibility index (Phi) is 12.6. The molecule has 0 saturated carbocycles. The maximum absolute atomic E-state index is 13.5. The number of esters is 1. The summed E-state index contributed by atoms with van der Waals surface area (Å²) in [5, 5.41) is 12.7. The van der Waals surface area contributed by atoms with Gasteiger partial charge in [-0.25, -0.2) is 4.79 Å². The average molecular weight is 587 g/mol. The van der Waals surface area contributed by atoms with Crippen molar-refractivity contribution in [2.45, 2.75) is 57.0 Å². The number of carbonyl (C=O) groups excluding carboxylic acids is 2. The quantitative estimate of drug-likeness (QED) is 0.161. The van der Waals surface area contributed by atoms with Crippen LogP contribution < -0.4 is 10.2 Å². The molecular weight excluding hydrogens is 549 g/mol. The normalized spacial score (nSPS) is 11.7. The van der Waals surface area contributed by atoms with E-state index in [0.29, 0.717) is 18.5 Å². The van der Waals surface area contributed by atoms with Gasteiger partial charge in [-0.2, -0.15) is 11.8 Å². The van der Waals surface area contributed by atoms with E-state index in [1.165, 1.54) is 7.11 Å². The van der Waals surface area contributed by atoms with Gasteiger partial charge in [0.05, 0.1) is 7.11 Å². The molecular formula is C29H38N4O3S3. The lowest BCUT2D eigenvalue weighted by atomic mass is 9.93. The molecule has 0 aliphatic heterocycles. The number of carbonyl (C=O) groups is 2. The molecule has 1 amide bonds. The summed E-state index contributed by atoms with van der Waals surface area (Å²) in [4.78, 5) is 28.2. The fraction of sp³-hybridized carbons (Fsp3) is 0.448. The number of nitrogens with zero attached hydrogens (tertiary/aromatic N) is 3. The van der Waals surface area contributed by atoms with Crippen LogP contribution in [-0.4, -0.2) is 59.5 Å². The zero-order valence-electron chi connectivity index (χ0n) is 23.4. The van der Waals surface area contributed by atoms with E-state index in [1.54, 1.807) is 34.9 Å². The van der Waals surface area contributed by atoms with Crippen LogP contribution in [0.3, 0.4) is 0 Å². The first-order chi connectivity index (χ1) is 18.9. The minimum atomic E-state index is -0.698. The van der Waals surface area contributed by atoms with Crippen LogP contribution in [0, 0.1) is 6.92 Å². The van der Waals surface area contributed by atoms with Crippen molar-refractivity contribution in [3.05, 3.63) is 59.2 Å². The van der Waals surface area contributed by atoms with Crippen molar-refractivity contribution >= 4 is 51.9 Å². The third-order valence-corrected chi connectivity index (χ3v) is 8.90. The number of methoxy groups -OCH3 is 1. The lowest BCUT2D eigenvalue weighted by Gasteiger charge is -2.23. The molecule has 7 nitrogen and oxygen atoms in total. The minimum Gasteiger partial charge on any atom is -0.467 e. The lowest BCUT2D eigenvalue weighted by Crippen LogP contribution is -2.42. The van der Waals surface area contributed by atoms with E-state index in [4.69, 9.17) is 4.74 Å². The summed E-state index contributed by atoms with van der Waals surface area (Å²) in [6, 6.07) is 13.3. The van der Waals surface area contributed by atoms with Crippen LogP contribution in [-0.2, 0) is 16.1 Å². The second kappa shape index (κ2) is 15.9. The van der Waals surface area contributed by atoms with Crippen LogP contribution in [0.4, 0.5) is 5.13 Å². The Bertz CT molecular complexity index is 1230. The van der Waals surface area contributed by atoms with Crippen LogP contribution in [0.2, 0.25) is 0 Å². The summed E-state index contributed by atoms with van der Waals surface area (Å²) in [6.45, 7) is 7.87. The summed E-state index contributed by atoms with van der Waals surface area (Å²) in [7, 11) is 1.35. The maximum atomic E-state index is 13.5. The second-order valence-corrected chi connectivity index (χ2v) is 12.5. The first-order valence-corrected chi connectivity index (χ1v) is 16.4. The molecule has 1 heterocycles. The summed E-state index contributed by atoms with van der Waals surface area (Å²) < 4.78 is 5.93. The first kappa shape index (κ1) is 31.0. The van der Waals surface area contributed by atoms with E-state index in [1.807, 2.05) is 49.6 Å². The van der Waals surface area contributed by atoms with Crippen molar-refractivity contribution in [3.8, 4) is 11.1 Å². The zero-order valence-corrected chi connectivity index (χ0v) is 25.8. The third kappa shape index (κ3) is 8.71. The van der Waals surface area contributed by atoms with E-state index >= 15 is 0 Å². The van der Waals surface area contributed by atoms with Gasteiger partial charge in [0.25, 0.3) is 5.91 Å². The molecule has 210 valence electrons. The molecule has 39 heavy (non-hydrogen) atoms. The standard InChI is InChI=1S/C29H38N4O3S3/c1-6-8-16-33(28-31-32-29(39-28)38-7-2)19-21-13-14-23(24(18-21)22-12-10-9-11-20(22)3)26(34)30-25(15-17-37-5)27(35)36-4/h9-14,18,25H,6-8,15-17,19H2,1-5H3,(H,30,34)/t25-/m0/s1. The Hall–Kier alpha value is -2.56. The van der Waals surface area contributed by atoms with Gasteiger partial charge in [-0.15, -0.1) is 10.2 Å². The highest BCUT2D eigenvalue weighted by Crippen LogP contribution is 2.32. The molecule has 0 fully saturated rings. The van der Waals surface area contributed by atoms with Crippen molar-refractivity contribution in [1.29, 1.82) is 0 Å². The van der Waals surface area contributed by atoms with Crippen molar-refractivity contribution in [2.24, 2.45) is 0 Å². The lowest BCUT2D eigenvalue weighted by molar-refractivity contribution is -0.142. The average Bonchev–Trinajstić information content (AvgIpc) is 3.41. The van der Waals surface area contributed by atoms with Gasteiger partial charge in [0.2, 0.25) is 5.13 Å². The van der Waals surface area contributed by atoms with Gasteiger partial charge >= 0.3 is 5.97 Å². The summed E-state index contributed by atoms with van der Waals surface area (Å²) in [5.74, 6) is 0.975. The number of thioether (sulfide) groups is 2. The van der Waals surface area contributed by atoms with Crippen molar-refractivity contribution in [1.82, 2.24) is 15.5 Å². The van der Waals surface area contributed by atoms with E-state index in [-0.39, 0.29) is 5.91 Å². The Balaban J connectivity index is 1.97. The highest BCUT2D eigenvalue weighted by atomic mass is 32.2.